The number of carbonyl (C=O) groups excluding carboxylic acids is 3. The fourth-order valence-electron chi connectivity index (χ4n) is 2.54. The van der Waals surface area contributed by atoms with Crippen LogP contribution in [0.4, 0.5) is 14.6 Å². The summed E-state index contributed by atoms with van der Waals surface area (Å²) in [4.78, 5) is 37.1. The molecule has 0 fully saturated rings. The van der Waals surface area contributed by atoms with Crippen LogP contribution in [0.2, 0.25) is 0 Å². The van der Waals surface area contributed by atoms with E-state index in [4.69, 9.17) is 4.74 Å². The summed E-state index contributed by atoms with van der Waals surface area (Å²) in [6, 6.07) is 2.60. The molecule has 1 atom stereocenters. The number of carbonyl (C=O) groups is 3. The molecule has 1 aromatic heterocycles. The van der Waals surface area contributed by atoms with E-state index in [0.29, 0.717) is 11.8 Å². The van der Waals surface area contributed by atoms with E-state index in [1.54, 1.807) is 13.0 Å². The van der Waals surface area contributed by atoms with E-state index in [-0.39, 0.29) is 23.4 Å². The van der Waals surface area contributed by atoms with Crippen LogP contribution in [0.1, 0.15) is 39.0 Å². The number of ether oxygens (including phenoxy) is 1. The number of aromatic amines is 1. The van der Waals surface area contributed by atoms with Crippen molar-refractivity contribution < 1.29 is 27.9 Å². The van der Waals surface area contributed by atoms with Gasteiger partial charge in [0.1, 0.15) is 17.5 Å². The monoisotopic (exact) mass is 422 g/mol. The minimum Gasteiger partial charge on any atom is -0.464 e. The maximum absolute atomic E-state index is 13.3. The molecule has 0 saturated heterocycles. The smallest absolute Gasteiger partial charge is 0.338 e. The zero-order chi connectivity index (χ0) is 22.5. The number of halogens is 2. The molecular formula is C20H24F2N4O4. The van der Waals surface area contributed by atoms with Gasteiger partial charge >= 0.3 is 5.97 Å². The van der Waals surface area contributed by atoms with E-state index in [9.17, 15) is 23.2 Å². The average molecular weight is 422 g/mol. The second-order valence-corrected chi connectivity index (χ2v) is 7.61. The number of hydrogen-bond acceptors (Lipinski definition) is 5. The van der Waals surface area contributed by atoms with Crippen LogP contribution in [0.25, 0.3) is 0 Å². The van der Waals surface area contributed by atoms with Crippen LogP contribution < -0.4 is 10.6 Å². The molecule has 3 N–H and O–H groups in total. The topological polar surface area (TPSA) is 113 Å². The molecule has 0 aliphatic carbocycles. The van der Waals surface area contributed by atoms with Crippen molar-refractivity contribution in [1.29, 1.82) is 0 Å². The van der Waals surface area contributed by atoms with Gasteiger partial charge in [0, 0.05) is 17.5 Å². The molecule has 1 heterocycles. The van der Waals surface area contributed by atoms with E-state index in [1.807, 2.05) is 20.8 Å². The van der Waals surface area contributed by atoms with Gasteiger partial charge in [0.05, 0.1) is 18.7 Å². The molecule has 162 valence electrons. The van der Waals surface area contributed by atoms with Crippen molar-refractivity contribution in [3.8, 4) is 0 Å². The lowest BCUT2D eigenvalue weighted by molar-refractivity contribution is -0.150. The third-order valence-electron chi connectivity index (χ3n) is 3.98. The lowest BCUT2D eigenvalue weighted by Gasteiger charge is -2.17. The molecule has 0 radical (unpaired) electrons. The van der Waals surface area contributed by atoms with Crippen LogP contribution in [0, 0.1) is 11.6 Å². The van der Waals surface area contributed by atoms with Gasteiger partial charge in [0.2, 0.25) is 11.9 Å². The second-order valence-electron chi connectivity index (χ2n) is 7.61. The summed E-state index contributed by atoms with van der Waals surface area (Å²) in [5, 5.41) is 11.5. The van der Waals surface area contributed by atoms with E-state index in [1.165, 1.54) is 0 Å². The quantitative estimate of drug-likeness (QED) is 0.468. The molecule has 2 amide bonds. The Labute approximate surface area is 172 Å². The Kier molecular flexibility index (Phi) is 7.25. The Balaban J connectivity index is 2.12. The molecule has 0 aliphatic heterocycles. The van der Waals surface area contributed by atoms with E-state index >= 15 is 0 Å². The lowest BCUT2D eigenvalue weighted by Crippen LogP contribution is -2.50. The number of esters is 1. The molecule has 1 unspecified atom stereocenters. The highest BCUT2D eigenvalue weighted by atomic mass is 19.1. The fraction of sp³-hybridized carbons (Fsp3) is 0.400. The van der Waals surface area contributed by atoms with Crippen molar-refractivity contribution in [3.63, 3.8) is 0 Å². The van der Waals surface area contributed by atoms with Crippen LogP contribution >= 0.6 is 0 Å². The summed E-state index contributed by atoms with van der Waals surface area (Å²) in [7, 11) is 0. The Hall–Kier alpha value is -3.30. The Morgan fingerprint density at radius 2 is 1.77 bits per heavy atom. The largest absolute Gasteiger partial charge is 0.464 e. The summed E-state index contributed by atoms with van der Waals surface area (Å²) in [5.41, 5.74) is 0.466. The van der Waals surface area contributed by atoms with Gasteiger partial charge < -0.3 is 15.4 Å². The van der Waals surface area contributed by atoms with E-state index in [0.717, 1.165) is 12.1 Å². The molecule has 0 saturated carbocycles. The van der Waals surface area contributed by atoms with Crippen molar-refractivity contribution in [2.45, 2.75) is 45.6 Å². The Morgan fingerprint density at radius 1 is 1.13 bits per heavy atom. The molecule has 2 rings (SSSR count). The number of rotatable bonds is 7. The van der Waals surface area contributed by atoms with Gasteiger partial charge in [-0.3, -0.25) is 14.7 Å². The highest BCUT2D eigenvalue weighted by molar-refractivity contribution is 6.10. The van der Waals surface area contributed by atoms with Crippen LogP contribution in [-0.4, -0.2) is 40.6 Å². The molecule has 10 heteroatoms. The number of H-pyrrole nitrogens is 1. The zero-order valence-corrected chi connectivity index (χ0v) is 17.1. The van der Waals surface area contributed by atoms with Gasteiger partial charge in [-0.1, -0.05) is 20.8 Å². The minimum absolute atomic E-state index is 0.00811. The van der Waals surface area contributed by atoms with Crippen LogP contribution in [0.3, 0.4) is 0 Å². The normalized spacial score (nSPS) is 12.2. The molecule has 30 heavy (non-hydrogen) atoms. The average Bonchev–Trinajstić information content (AvgIpc) is 3.07. The van der Waals surface area contributed by atoms with Crippen LogP contribution in [0.5, 0.6) is 0 Å². The van der Waals surface area contributed by atoms with E-state index in [2.05, 4.69) is 20.8 Å². The van der Waals surface area contributed by atoms with Crippen molar-refractivity contribution in [2.24, 2.45) is 0 Å². The first-order valence-corrected chi connectivity index (χ1v) is 9.27. The first kappa shape index (κ1) is 23.0. The van der Waals surface area contributed by atoms with Crippen molar-refractivity contribution >= 4 is 23.6 Å². The van der Waals surface area contributed by atoms with Gasteiger partial charge in [-0.2, -0.15) is 5.10 Å². The summed E-state index contributed by atoms with van der Waals surface area (Å²) in [6.07, 6.45) is -0.434. The highest BCUT2D eigenvalue weighted by Gasteiger charge is 2.30. The van der Waals surface area contributed by atoms with Crippen molar-refractivity contribution in [2.75, 3.05) is 11.9 Å². The maximum atomic E-state index is 13.3. The number of nitrogens with zero attached hydrogens (tertiary/aromatic N) is 1. The standard InChI is InChI=1S/C20H24F2N4O4/c1-5-30-19(29)17(18(28)23-15-10-14(25-26-15)20(2,3)4)24-16(27)8-11-6-12(21)9-13(22)7-11/h6-7,9-10,17H,5,8H2,1-4H3,(H,24,27)(H2,23,25,26,28). The predicted molar refractivity (Wildman–Crippen MR) is 105 cm³/mol. The number of aromatic nitrogens is 2. The molecule has 2 aromatic rings. The zero-order valence-electron chi connectivity index (χ0n) is 17.1. The maximum Gasteiger partial charge on any atom is 0.338 e. The highest BCUT2D eigenvalue weighted by Crippen LogP contribution is 2.22. The molecular weight excluding hydrogens is 398 g/mol. The lowest BCUT2D eigenvalue weighted by atomic mass is 9.92. The Morgan fingerprint density at radius 3 is 2.30 bits per heavy atom. The third-order valence-corrected chi connectivity index (χ3v) is 3.98. The molecule has 0 bridgehead atoms. The van der Waals surface area contributed by atoms with E-state index < -0.39 is 41.9 Å². The SMILES string of the molecule is CCOC(=O)C(NC(=O)Cc1cc(F)cc(F)c1)C(=O)Nc1cc(C(C)(C)C)n[nH]1. The third kappa shape index (κ3) is 6.36. The summed E-state index contributed by atoms with van der Waals surface area (Å²) >= 11 is 0. The first-order chi connectivity index (χ1) is 14.0. The number of amides is 2. The number of hydrogen-bond donors (Lipinski definition) is 3. The fourth-order valence-corrected chi connectivity index (χ4v) is 2.54. The molecule has 0 aliphatic rings. The number of benzene rings is 1. The van der Waals surface area contributed by atoms with Gasteiger partial charge in [-0.05, 0) is 24.6 Å². The first-order valence-electron chi connectivity index (χ1n) is 9.27. The summed E-state index contributed by atoms with van der Waals surface area (Å²) in [5.74, 6) is -4.05. The second kappa shape index (κ2) is 9.47. The Bertz CT molecular complexity index is 917. The molecule has 1 aromatic carbocycles. The van der Waals surface area contributed by atoms with Gasteiger partial charge in [0.25, 0.3) is 5.91 Å². The van der Waals surface area contributed by atoms with Gasteiger partial charge in [-0.15, -0.1) is 0 Å². The number of anilines is 1. The van der Waals surface area contributed by atoms with Crippen molar-refractivity contribution in [3.05, 3.63) is 47.2 Å². The summed E-state index contributed by atoms with van der Waals surface area (Å²) in [6.45, 7) is 7.35. The minimum atomic E-state index is -1.66. The van der Waals surface area contributed by atoms with Crippen LogP contribution in [0.15, 0.2) is 24.3 Å². The van der Waals surface area contributed by atoms with Crippen molar-refractivity contribution in [1.82, 2.24) is 15.5 Å². The van der Waals surface area contributed by atoms with Gasteiger partial charge in [0.15, 0.2) is 0 Å². The molecule has 8 nitrogen and oxygen atoms in total. The number of nitrogens with one attached hydrogen (secondary N) is 3. The predicted octanol–water partition coefficient (Wildman–Crippen LogP) is 2.21. The van der Waals surface area contributed by atoms with Gasteiger partial charge in [-0.25, -0.2) is 13.6 Å². The summed E-state index contributed by atoms with van der Waals surface area (Å²) < 4.78 is 31.5. The van der Waals surface area contributed by atoms with Crippen LogP contribution in [-0.2, 0) is 31.0 Å². The molecule has 0 spiro atoms.